The van der Waals surface area contributed by atoms with E-state index in [0.29, 0.717) is 11.1 Å². The Kier molecular flexibility index (Phi) is 6.06. The first-order valence-electron chi connectivity index (χ1n) is 8.13. The third-order valence-corrected chi connectivity index (χ3v) is 3.94. The van der Waals surface area contributed by atoms with Crippen molar-refractivity contribution in [2.24, 2.45) is 0 Å². The summed E-state index contributed by atoms with van der Waals surface area (Å²) in [6.45, 7) is 6.02. The largest absolute Gasteiger partial charge is 0.355 e. The number of nitrogens with one attached hydrogen (secondary N) is 2. The molecule has 1 heterocycles. The number of hydrogen-bond acceptors (Lipinski definition) is 3. The molecule has 0 fully saturated rings. The summed E-state index contributed by atoms with van der Waals surface area (Å²) in [6.07, 6.45) is 6.18. The van der Waals surface area contributed by atoms with Crippen molar-refractivity contribution in [2.45, 2.75) is 26.8 Å². The van der Waals surface area contributed by atoms with Crippen LogP contribution in [0.2, 0.25) is 0 Å². The van der Waals surface area contributed by atoms with Gasteiger partial charge >= 0.3 is 0 Å². The van der Waals surface area contributed by atoms with Gasteiger partial charge in [-0.3, -0.25) is 14.6 Å². The maximum absolute atomic E-state index is 12.2. The van der Waals surface area contributed by atoms with Gasteiger partial charge in [-0.25, -0.2) is 0 Å². The summed E-state index contributed by atoms with van der Waals surface area (Å²) in [5.41, 5.74) is 4.55. The van der Waals surface area contributed by atoms with Crippen LogP contribution in [-0.2, 0) is 4.79 Å². The summed E-state index contributed by atoms with van der Waals surface area (Å²) in [4.78, 5) is 27.8. The maximum atomic E-state index is 12.2. The minimum Gasteiger partial charge on any atom is -0.355 e. The van der Waals surface area contributed by atoms with E-state index in [4.69, 9.17) is 0 Å². The third kappa shape index (κ3) is 5.01. The van der Waals surface area contributed by atoms with Crippen molar-refractivity contribution in [3.05, 3.63) is 70.6 Å². The molecule has 2 rings (SSSR count). The lowest BCUT2D eigenvalue weighted by Gasteiger charge is -2.16. The zero-order valence-electron chi connectivity index (χ0n) is 15.0. The highest BCUT2D eigenvalue weighted by atomic mass is 16.2. The van der Waals surface area contributed by atoms with Gasteiger partial charge in [0.2, 0.25) is 5.91 Å². The van der Waals surface area contributed by atoms with Crippen molar-refractivity contribution < 1.29 is 9.59 Å². The monoisotopic (exact) mass is 337 g/mol. The molecule has 5 heteroatoms. The predicted molar refractivity (Wildman–Crippen MR) is 99.1 cm³/mol. The number of nitrogens with zero attached hydrogens (tertiary/aromatic N) is 1. The molecule has 0 saturated carbocycles. The van der Waals surface area contributed by atoms with Crippen LogP contribution in [0.15, 0.2) is 42.7 Å². The van der Waals surface area contributed by atoms with Crippen LogP contribution in [0.3, 0.4) is 0 Å². The second-order valence-electron chi connectivity index (χ2n) is 6.01. The van der Waals surface area contributed by atoms with E-state index in [1.165, 1.54) is 12.3 Å². The number of hydrogen-bond donors (Lipinski definition) is 2. The Labute approximate surface area is 148 Å². The molecule has 2 N–H and O–H groups in total. The molecule has 2 aromatic rings. The van der Waals surface area contributed by atoms with E-state index >= 15 is 0 Å². The second kappa shape index (κ2) is 8.24. The van der Waals surface area contributed by atoms with E-state index < -0.39 is 0 Å². The van der Waals surface area contributed by atoms with Crippen molar-refractivity contribution >= 4 is 17.9 Å². The fraction of sp³-hybridized carbons (Fsp3) is 0.250. The first-order chi connectivity index (χ1) is 11.9. The first-order valence-corrected chi connectivity index (χ1v) is 8.13. The molecular weight excluding hydrogens is 314 g/mol. The van der Waals surface area contributed by atoms with Crippen molar-refractivity contribution in [1.82, 2.24) is 15.6 Å². The van der Waals surface area contributed by atoms with Gasteiger partial charge in [-0.1, -0.05) is 23.8 Å². The molecule has 1 atom stereocenters. The van der Waals surface area contributed by atoms with Gasteiger partial charge in [0.05, 0.1) is 11.6 Å². The van der Waals surface area contributed by atoms with E-state index in [9.17, 15) is 9.59 Å². The van der Waals surface area contributed by atoms with E-state index in [-0.39, 0.29) is 17.9 Å². The van der Waals surface area contributed by atoms with Crippen molar-refractivity contribution in [3.63, 3.8) is 0 Å². The highest BCUT2D eigenvalue weighted by Gasteiger charge is 2.10. The minimum atomic E-state index is -0.212. The average molecular weight is 337 g/mol. The van der Waals surface area contributed by atoms with Crippen LogP contribution in [0, 0.1) is 13.8 Å². The number of aryl methyl sites for hydroxylation is 2. The van der Waals surface area contributed by atoms with Crippen molar-refractivity contribution in [1.29, 1.82) is 0 Å². The van der Waals surface area contributed by atoms with Crippen LogP contribution in [0.5, 0.6) is 0 Å². The zero-order valence-corrected chi connectivity index (χ0v) is 15.0. The summed E-state index contributed by atoms with van der Waals surface area (Å²) in [7, 11) is 1.56. The normalized spacial score (nSPS) is 12.0. The lowest BCUT2D eigenvalue weighted by atomic mass is 10.00. The Morgan fingerprint density at radius 3 is 2.64 bits per heavy atom. The summed E-state index contributed by atoms with van der Waals surface area (Å²) in [5, 5.41) is 5.50. The van der Waals surface area contributed by atoms with E-state index in [1.54, 1.807) is 25.4 Å². The summed E-state index contributed by atoms with van der Waals surface area (Å²) in [6, 6.07) is 7.79. The van der Waals surface area contributed by atoms with Gasteiger partial charge in [0.25, 0.3) is 5.91 Å². The standard InChI is InChI=1S/C20H23N3O2/c1-13-5-6-14(2)18(9-13)15(3)23-19(24)8-7-16-10-17(12-22-11-16)20(25)21-4/h5-12,15H,1-4H3,(H,21,25)(H,23,24). The molecule has 0 saturated heterocycles. The molecule has 0 aliphatic rings. The molecule has 130 valence electrons. The lowest BCUT2D eigenvalue weighted by Crippen LogP contribution is -2.25. The van der Waals surface area contributed by atoms with E-state index in [0.717, 1.165) is 16.7 Å². The molecule has 0 radical (unpaired) electrons. The van der Waals surface area contributed by atoms with Crippen LogP contribution in [-0.4, -0.2) is 23.8 Å². The molecule has 25 heavy (non-hydrogen) atoms. The van der Waals surface area contributed by atoms with Crippen LogP contribution < -0.4 is 10.6 Å². The number of aromatic nitrogens is 1. The molecule has 0 aliphatic carbocycles. The summed E-state index contributed by atoms with van der Waals surface area (Å²) < 4.78 is 0. The van der Waals surface area contributed by atoms with E-state index in [1.807, 2.05) is 20.8 Å². The molecule has 1 aromatic carbocycles. The number of rotatable bonds is 5. The fourth-order valence-corrected chi connectivity index (χ4v) is 2.55. The fourth-order valence-electron chi connectivity index (χ4n) is 2.55. The Hall–Kier alpha value is -2.95. The van der Waals surface area contributed by atoms with E-state index in [2.05, 4.69) is 33.8 Å². The second-order valence-corrected chi connectivity index (χ2v) is 6.01. The quantitative estimate of drug-likeness (QED) is 0.824. The SMILES string of the molecule is CNC(=O)c1cncc(C=CC(=O)NC(C)c2cc(C)ccc2C)c1. The zero-order chi connectivity index (χ0) is 18.4. The molecule has 2 amide bonds. The van der Waals surface area contributed by atoms with Gasteiger partial charge in [0.15, 0.2) is 0 Å². The van der Waals surface area contributed by atoms with Crippen LogP contribution in [0.1, 0.15) is 45.6 Å². The van der Waals surface area contributed by atoms with Crippen LogP contribution in [0.4, 0.5) is 0 Å². The van der Waals surface area contributed by atoms with Crippen LogP contribution >= 0.6 is 0 Å². The average Bonchev–Trinajstić information content (AvgIpc) is 2.61. The highest BCUT2D eigenvalue weighted by Crippen LogP contribution is 2.18. The first kappa shape index (κ1) is 18.4. The maximum Gasteiger partial charge on any atom is 0.252 e. The Bertz CT molecular complexity index is 812. The van der Waals surface area contributed by atoms with Gasteiger partial charge < -0.3 is 10.6 Å². The number of carbonyl (C=O) groups is 2. The topological polar surface area (TPSA) is 71.1 Å². The molecule has 0 spiro atoms. The van der Waals surface area contributed by atoms with Gasteiger partial charge in [-0.15, -0.1) is 0 Å². The number of pyridine rings is 1. The number of amides is 2. The summed E-state index contributed by atoms with van der Waals surface area (Å²) >= 11 is 0. The Balaban J connectivity index is 2.05. The molecular formula is C20H23N3O2. The lowest BCUT2D eigenvalue weighted by molar-refractivity contribution is -0.117. The van der Waals surface area contributed by atoms with Gasteiger partial charge in [-0.05, 0) is 49.6 Å². The Morgan fingerprint density at radius 1 is 1.16 bits per heavy atom. The van der Waals surface area contributed by atoms with Gasteiger partial charge in [0, 0.05) is 25.5 Å². The minimum absolute atomic E-state index is 0.0904. The predicted octanol–water partition coefficient (Wildman–Crippen LogP) is 2.95. The molecule has 0 aliphatic heterocycles. The number of benzene rings is 1. The molecule has 1 aromatic heterocycles. The van der Waals surface area contributed by atoms with Crippen molar-refractivity contribution in [2.75, 3.05) is 7.05 Å². The highest BCUT2D eigenvalue weighted by molar-refractivity contribution is 5.95. The molecule has 5 nitrogen and oxygen atoms in total. The van der Waals surface area contributed by atoms with Gasteiger partial charge in [0.1, 0.15) is 0 Å². The van der Waals surface area contributed by atoms with Crippen molar-refractivity contribution in [3.8, 4) is 0 Å². The van der Waals surface area contributed by atoms with Crippen LogP contribution in [0.25, 0.3) is 6.08 Å². The third-order valence-electron chi connectivity index (χ3n) is 3.94. The summed E-state index contributed by atoms with van der Waals surface area (Å²) in [5.74, 6) is -0.408. The van der Waals surface area contributed by atoms with Gasteiger partial charge in [-0.2, -0.15) is 0 Å². The smallest absolute Gasteiger partial charge is 0.252 e. The Morgan fingerprint density at radius 2 is 1.92 bits per heavy atom. The molecule has 1 unspecified atom stereocenters. The molecule has 0 bridgehead atoms. The number of carbonyl (C=O) groups excluding carboxylic acids is 2.